The van der Waals surface area contributed by atoms with Crippen LogP contribution < -0.4 is 0 Å². The molecular formula is C32H20Cl3CrN5O9S. The number of nitro groups is 1. The third-order valence-electron chi connectivity index (χ3n) is 6.90. The minimum Gasteiger partial charge on any atom is -0.506 e. The number of phenols is 4. The van der Waals surface area contributed by atoms with E-state index in [-0.39, 0.29) is 73.8 Å². The summed E-state index contributed by atoms with van der Waals surface area (Å²) >= 11 is 18.1. The van der Waals surface area contributed by atoms with E-state index in [2.05, 4.69) is 20.5 Å². The second kappa shape index (κ2) is 15.9. The molecule has 19 heteroatoms. The minimum absolute atomic E-state index is 0. The first-order valence-electron chi connectivity index (χ1n) is 13.8. The zero-order chi connectivity index (χ0) is 36.3. The van der Waals surface area contributed by atoms with E-state index in [9.17, 15) is 43.5 Å². The van der Waals surface area contributed by atoms with Gasteiger partial charge in [-0.05, 0) is 48.5 Å². The van der Waals surface area contributed by atoms with Crippen molar-refractivity contribution < 1.29 is 55.7 Å². The summed E-state index contributed by atoms with van der Waals surface area (Å²) in [6.45, 7) is 0. The van der Waals surface area contributed by atoms with Gasteiger partial charge in [-0.15, -0.1) is 20.5 Å². The van der Waals surface area contributed by atoms with Gasteiger partial charge < -0.3 is 20.4 Å². The summed E-state index contributed by atoms with van der Waals surface area (Å²) in [7, 11) is -4.61. The van der Waals surface area contributed by atoms with Crippen molar-refractivity contribution in [1.82, 2.24) is 0 Å². The summed E-state index contributed by atoms with van der Waals surface area (Å²) in [5, 5.41) is 68.6. The average molecular weight is 809 g/mol. The Bertz CT molecular complexity index is 2500. The molecule has 6 rings (SSSR count). The molecule has 0 heterocycles. The molecule has 0 radical (unpaired) electrons. The first-order chi connectivity index (χ1) is 23.6. The zero-order valence-electron chi connectivity index (χ0n) is 25.2. The number of benzene rings is 6. The number of non-ortho nitro benzene ring substituents is 1. The molecule has 0 fully saturated rings. The predicted molar refractivity (Wildman–Crippen MR) is 187 cm³/mol. The largest absolute Gasteiger partial charge is 0.506 e. The van der Waals surface area contributed by atoms with Gasteiger partial charge in [0, 0.05) is 55.0 Å². The Kier molecular flexibility index (Phi) is 12.1. The van der Waals surface area contributed by atoms with Crippen molar-refractivity contribution in [3.8, 4) is 23.0 Å². The number of nitrogens with zero attached hydrogens (tertiary/aromatic N) is 5. The quantitative estimate of drug-likeness (QED) is 0.0466. The first kappa shape index (κ1) is 38.7. The normalized spacial score (nSPS) is 11.5. The molecule has 6 aromatic carbocycles. The van der Waals surface area contributed by atoms with E-state index in [1.807, 2.05) is 0 Å². The molecule has 0 saturated carbocycles. The molecule has 0 aromatic heterocycles. The average Bonchev–Trinajstić information content (AvgIpc) is 3.07. The SMILES string of the molecule is O=[N+]([O-])c1ccc(N=Nc2cc(S(=O)(=O)O)c3ccccc3c2O)c(O)c1.Oc1ccc(Cl)cc1N=Nc1ccc2c(Cl)ccc(Cl)c2c1O.[Cr]. The summed E-state index contributed by atoms with van der Waals surface area (Å²) < 4.78 is 32.7. The fraction of sp³-hybridized carbons (Fsp3) is 0. The van der Waals surface area contributed by atoms with Gasteiger partial charge >= 0.3 is 0 Å². The van der Waals surface area contributed by atoms with Crippen LogP contribution in [0.1, 0.15) is 0 Å². The second-order valence-electron chi connectivity index (χ2n) is 10.1. The molecular weight excluding hydrogens is 789 g/mol. The zero-order valence-corrected chi connectivity index (χ0v) is 29.6. The molecule has 0 unspecified atom stereocenters. The Hall–Kier alpha value is -5.05. The van der Waals surface area contributed by atoms with Gasteiger partial charge in [-0.3, -0.25) is 14.7 Å². The molecule has 14 nitrogen and oxygen atoms in total. The van der Waals surface area contributed by atoms with Gasteiger partial charge in [0.25, 0.3) is 15.8 Å². The van der Waals surface area contributed by atoms with E-state index in [0.717, 1.165) is 24.3 Å². The molecule has 0 spiro atoms. The van der Waals surface area contributed by atoms with Gasteiger partial charge in [0.1, 0.15) is 39.1 Å². The molecule has 0 aliphatic carbocycles. The monoisotopic (exact) mass is 807 g/mol. The van der Waals surface area contributed by atoms with Crippen molar-refractivity contribution in [3.05, 3.63) is 116 Å². The van der Waals surface area contributed by atoms with E-state index in [1.165, 1.54) is 36.4 Å². The maximum Gasteiger partial charge on any atom is 0.295 e. The Morgan fingerprint density at radius 3 is 1.88 bits per heavy atom. The molecule has 0 amide bonds. The maximum absolute atomic E-state index is 11.6. The fourth-order valence-corrected chi connectivity index (χ4v) is 5.88. The van der Waals surface area contributed by atoms with E-state index < -0.39 is 25.7 Å². The number of fused-ring (bicyclic) bond motifs is 2. The van der Waals surface area contributed by atoms with Gasteiger partial charge in [-0.2, -0.15) is 8.42 Å². The van der Waals surface area contributed by atoms with Crippen molar-refractivity contribution in [2.24, 2.45) is 20.5 Å². The van der Waals surface area contributed by atoms with Crippen LogP contribution in [0.5, 0.6) is 23.0 Å². The van der Waals surface area contributed by atoms with Crippen LogP contribution in [0.25, 0.3) is 21.5 Å². The molecule has 0 aliphatic heterocycles. The van der Waals surface area contributed by atoms with Gasteiger partial charge in [0.15, 0.2) is 11.5 Å². The van der Waals surface area contributed by atoms with E-state index >= 15 is 0 Å². The maximum atomic E-state index is 11.6. The summed E-state index contributed by atoms with van der Waals surface area (Å²) in [5.41, 5.74) is -0.385. The van der Waals surface area contributed by atoms with Crippen molar-refractivity contribution >= 4 is 94.9 Å². The van der Waals surface area contributed by atoms with Crippen molar-refractivity contribution in [2.75, 3.05) is 0 Å². The Balaban J connectivity index is 0.000000227. The number of azo groups is 2. The Morgan fingerprint density at radius 1 is 0.608 bits per heavy atom. The van der Waals surface area contributed by atoms with Crippen LogP contribution in [0.2, 0.25) is 15.1 Å². The number of hydrogen-bond donors (Lipinski definition) is 5. The number of nitro benzene ring substituents is 1. The van der Waals surface area contributed by atoms with Gasteiger partial charge in [-0.25, -0.2) is 0 Å². The molecule has 0 aliphatic rings. The number of phenolic OH excluding ortho intramolecular Hbond substituents is 4. The molecule has 0 bridgehead atoms. The van der Waals surface area contributed by atoms with Crippen LogP contribution in [0.4, 0.5) is 28.4 Å². The van der Waals surface area contributed by atoms with Gasteiger partial charge in [-0.1, -0.05) is 65.1 Å². The first-order valence-corrected chi connectivity index (χ1v) is 16.3. The number of hydrogen-bond acceptors (Lipinski definition) is 12. The van der Waals surface area contributed by atoms with Crippen molar-refractivity contribution in [1.29, 1.82) is 0 Å². The van der Waals surface area contributed by atoms with E-state index in [4.69, 9.17) is 34.8 Å². The number of aromatic hydroxyl groups is 4. The molecule has 0 atom stereocenters. The molecule has 260 valence electrons. The third-order valence-corrected chi connectivity index (χ3v) is 8.68. The van der Waals surface area contributed by atoms with Gasteiger partial charge in [0.2, 0.25) is 0 Å². The minimum atomic E-state index is -4.61. The molecule has 51 heavy (non-hydrogen) atoms. The van der Waals surface area contributed by atoms with Crippen LogP contribution in [-0.4, -0.2) is 38.3 Å². The Labute approximate surface area is 313 Å². The molecule has 0 saturated heterocycles. The van der Waals surface area contributed by atoms with Crippen LogP contribution in [0, 0.1) is 10.1 Å². The van der Waals surface area contributed by atoms with Crippen molar-refractivity contribution in [2.45, 2.75) is 4.90 Å². The van der Waals surface area contributed by atoms with Gasteiger partial charge in [0.05, 0.1) is 16.0 Å². The topological polar surface area (TPSA) is 228 Å². The van der Waals surface area contributed by atoms with E-state index in [0.29, 0.717) is 25.8 Å². The van der Waals surface area contributed by atoms with E-state index in [1.54, 1.807) is 30.3 Å². The van der Waals surface area contributed by atoms with Crippen LogP contribution >= 0.6 is 34.8 Å². The molecule has 5 N–H and O–H groups in total. The fourth-order valence-electron chi connectivity index (χ4n) is 4.53. The second-order valence-corrected chi connectivity index (χ2v) is 12.8. The summed E-state index contributed by atoms with van der Waals surface area (Å²) in [4.78, 5) is 9.50. The van der Waals surface area contributed by atoms with Crippen LogP contribution in [-0.2, 0) is 27.5 Å². The number of halogens is 3. The number of rotatable bonds is 6. The smallest absolute Gasteiger partial charge is 0.295 e. The van der Waals surface area contributed by atoms with Crippen LogP contribution in [0.3, 0.4) is 0 Å². The van der Waals surface area contributed by atoms with Crippen LogP contribution in [0.15, 0.2) is 116 Å². The summed E-state index contributed by atoms with van der Waals surface area (Å²) in [6.07, 6.45) is 0. The summed E-state index contributed by atoms with van der Waals surface area (Å²) in [5.74, 6) is -1.12. The van der Waals surface area contributed by atoms with Crippen molar-refractivity contribution in [3.63, 3.8) is 0 Å². The predicted octanol–water partition coefficient (Wildman–Crippen LogP) is 10.4. The summed E-state index contributed by atoms with van der Waals surface area (Å²) in [6, 6.07) is 20.9. The molecule has 6 aromatic rings. The third kappa shape index (κ3) is 8.64. The standard InChI is InChI=1S/C16H9Cl3N2O2.C16H11N3O7S.Cr/c17-8-1-6-14(22)13(7-8)21-20-12-5-2-9-10(18)3-4-11(19)15(9)16(12)23;20-14-7-9(19(22)23)5-6-12(14)17-18-13-8-15(27(24,25)26)10-3-1-2-4-11(10)16(13)21;/h1-7,22-23H;1-8,20-21H,(H,24,25,26);. The Morgan fingerprint density at radius 2 is 1.22 bits per heavy atom.